The number of nitrogens with zero attached hydrogens (tertiary/aromatic N) is 1. The van der Waals surface area contributed by atoms with Crippen LogP contribution in [0.15, 0.2) is 28.1 Å². The molecule has 0 aromatic heterocycles. The van der Waals surface area contributed by atoms with Gasteiger partial charge in [-0.15, -0.1) is 0 Å². The topological polar surface area (TPSA) is 81.8 Å². The molecular formula is C9H10N2O3S2. The molecule has 2 rings (SSSR count). The maximum absolute atomic E-state index is 11.1. The van der Waals surface area contributed by atoms with Crippen LogP contribution in [0.5, 0.6) is 5.75 Å². The van der Waals surface area contributed by atoms with Crippen molar-refractivity contribution in [3.63, 3.8) is 0 Å². The lowest BCUT2D eigenvalue weighted by atomic mass is 10.3. The Hall–Kier alpha value is -1.34. The molecule has 86 valence electrons. The third-order valence-electron chi connectivity index (χ3n) is 2.00. The molecule has 0 bridgehead atoms. The van der Waals surface area contributed by atoms with E-state index >= 15 is 0 Å². The number of nitrogens with two attached hydrogens (primary N) is 1. The van der Waals surface area contributed by atoms with Crippen LogP contribution in [0.2, 0.25) is 0 Å². The molecule has 0 fully saturated rings. The van der Waals surface area contributed by atoms with Gasteiger partial charge in [-0.1, -0.05) is 0 Å². The van der Waals surface area contributed by atoms with Crippen molar-refractivity contribution < 1.29 is 13.2 Å². The first-order chi connectivity index (χ1) is 7.63. The number of rotatable bonds is 2. The Morgan fingerprint density at radius 2 is 2.25 bits per heavy atom. The average Bonchev–Trinajstić information content (AvgIpc) is 2.53. The Kier molecular flexibility index (Phi) is 2.97. The predicted molar refractivity (Wildman–Crippen MR) is 63.4 cm³/mol. The van der Waals surface area contributed by atoms with Crippen LogP contribution in [0.25, 0.3) is 0 Å². The molecule has 2 N–H and O–H groups in total. The van der Waals surface area contributed by atoms with Crippen LogP contribution in [-0.2, 0) is 18.7 Å². The highest BCUT2D eigenvalue weighted by Crippen LogP contribution is 2.32. The van der Waals surface area contributed by atoms with E-state index in [0.29, 0.717) is 22.9 Å². The fourth-order valence-corrected chi connectivity index (χ4v) is 4.00. The van der Waals surface area contributed by atoms with Crippen molar-refractivity contribution in [1.82, 2.24) is 0 Å². The second kappa shape index (κ2) is 4.26. The van der Waals surface area contributed by atoms with Crippen molar-refractivity contribution in [3.05, 3.63) is 18.2 Å². The van der Waals surface area contributed by atoms with Crippen LogP contribution in [0.4, 0.5) is 5.69 Å². The molecular weight excluding hydrogens is 248 g/mol. The van der Waals surface area contributed by atoms with E-state index in [1.54, 1.807) is 18.2 Å². The molecule has 1 aromatic carbocycles. The van der Waals surface area contributed by atoms with Crippen molar-refractivity contribution >= 4 is 29.6 Å². The van der Waals surface area contributed by atoms with E-state index < -0.39 is 18.7 Å². The molecule has 1 atom stereocenters. The Bertz CT molecular complexity index is 597. The predicted octanol–water partition coefficient (Wildman–Crippen LogP) is 0.816. The van der Waals surface area contributed by atoms with Crippen molar-refractivity contribution in [3.8, 4) is 5.75 Å². The molecule has 0 radical (unpaired) electrons. The highest BCUT2D eigenvalue weighted by molar-refractivity contribution is 8.41. The molecule has 5 nitrogen and oxygen atoms in total. The molecule has 1 unspecified atom stereocenters. The fraction of sp³-hybridized carbons (Fsp3) is 0.222. The summed E-state index contributed by atoms with van der Waals surface area (Å²) in [6.07, 6.45) is 0. The van der Waals surface area contributed by atoms with Crippen molar-refractivity contribution in [2.75, 3.05) is 6.61 Å². The van der Waals surface area contributed by atoms with Crippen LogP contribution >= 0.6 is 0 Å². The minimum atomic E-state index is -2.28. The molecule has 1 aromatic rings. The van der Waals surface area contributed by atoms with E-state index in [0.717, 1.165) is 0 Å². The summed E-state index contributed by atoms with van der Waals surface area (Å²) >= 11 is 0. The number of benzene rings is 1. The van der Waals surface area contributed by atoms with Gasteiger partial charge in [0.25, 0.3) is 9.26 Å². The van der Waals surface area contributed by atoms with Gasteiger partial charge in [-0.2, -0.15) is 8.42 Å². The summed E-state index contributed by atoms with van der Waals surface area (Å²) in [6, 6.07) is 5.15. The van der Waals surface area contributed by atoms with Gasteiger partial charge in [0.05, 0.1) is 17.2 Å². The summed E-state index contributed by atoms with van der Waals surface area (Å²) < 4.78 is 27.4. The molecule has 0 saturated carbocycles. The normalized spacial score (nSPS) is 17.8. The van der Waals surface area contributed by atoms with Crippen molar-refractivity contribution in [2.24, 2.45) is 10.7 Å². The van der Waals surface area contributed by atoms with E-state index in [1.165, 1.54) is 0 Å². The molecule has 16 heavy (non-hydrogen) atoms. The van der Waals surface area contributed by atoms with E-state index in [9.17, 15) is 8.42 Å². The minimum absolute atomic E-state index is 0.136. The maximum atomic E-state index is 11.1. The highest BCUT2D eigenvalue weighted by atomic mass is 32.9. The van der Waals surface area contributed by atoms with E-state index in [2.05, 4.69) is 4.99 Å². The fourth-order valence-electron chi connectivity index (χ4n) is 1.41. The summed E-state index contributed by atoms with van der Waals surface area (Å²) in [5, 5.41) is 0.136. The van der Waals surface area contributed by atoms with Gasteiger partial charge in [-0.3, -0.25) is 0 Å². The molecule has 0 saturated heterocycles. The standard InChI is InChI=1S/C9H10N2O3S2/c1-2-14-6-3-4-7-8(5-6)15(16(12)13)9(10)11-7/h3-5H,2H2,1H3,(H2,10,11). The Morgan fingerprint density at radius 1 is 1.50 bits per heavy atom. The van der Waals surface area contributed by atoms with Crippen LogP contribution in [0.1, 0.15) is 6.92 Å². The molecule has 0 aliphatic carbocycles. The van der Waals surface area contributed by atoms with Crippen molar-refractivity contribution in [2.45, 2.75) is 11.8 Å². The second-order valence-electron chi connectivity index (χ2n) is 2.99. The van der Waals surface area contributed by atoms with Crippen LogP contribution in [-0.4, -0.2) is 20.2 Å². The Balaban J connectivity index is 2.60. The molecule has 0 amide bonds. The van der Waals surface area contributed by atoms with Gasteiger partial charge in [0.2, 0.25) is 0 Å². The first kappa shape index (κ1) is 11.2. The van der Waals surface area contributed by atoms with Gasteiger partial charge in [-0.05, 0) is 25.1 Å². The summed E-state index contributed by atoms with van der Waals surface area (Å²) in [5.41, 5.74) is 6.19. The lowest BCUT2D eigenvalue weighted by Gasteiger charge is -2.04. The van der Waals surface area contributed by atoms with E-state index in [-0.39, 0.29) is 5.17 Å². The van der Waals surface area contributed by atoms with Crippen LogP contribution in [0, 0.1) is 0 Å². The third kappa shape index (κ3) is 1.83. The van der Waals surface area contributed by atoms with Crippen molar-refractivity contribution in [1.29, 1.82) is 0 Å². The summed E-state index contributed by atoms with van der Waals surface area (Å²) in [7, 11) is -3.43. The molecule has 1 aliphatic rings. The van der Waals surface area contributed by atoms with Crippen LogP contribution < -0.4 is 10.5 Å². The summed E-state index contributed by atoms with van der Waals surface area (Å²) in [5.74, 6) is 0.633. The van der Waals surface area contributed by atoms with Crippen LogP contribution in [0.3, 0.4) is 0 Å². The third-order valence-corrected chi connectivity index (χ3v) is 5.34. The highest BCUT2D eigenvalue weighted by Gasteiger charge is 2.20. The first-order valence-corrected chi connectivity index (χ1v) is 7.40. The summed E-state index contributed by atoms with van der Waals surface area (Å²) in [6.45, 7) is 2.40. The number of hydrogen-bond donors (Lipinski definition) is 1. The number of ether oxygens (including phenoxy) is 1. The van der Waals surface area contributed by atoms with Gasteiger partial charge in [0, 0.05) is 9.45 Å². The zero-order valence-electron chi connectivity index (χ0n) is 8.50. The number of hydrogen-bond acceptors (Lipinski definition) is 5. The molecule has 1 heterocycles. The number of fused-ring (bicyclic) bond motifs is 1. The smallest absolute Gasteiger partial charge is 0.252 e. The Morgan fingerprint density at radius 3 is 2.88 bits per heavy atom. The number of aliphatic imine (C=N–C) groups is 1. The quantitative estimate of drug-likeness (QED) is 0.851. The second-order valence-corrected chi connectivity index (χ2v) is 6.61. The maximum Gasteiger partial charge on any atom is 0.252 e. The molecule has 1 aliphatic heterocycles. The zero-order valence-corrected chi connectivity index (χ0v) is 10.1. The van der Waals surface area contributed by atoms with Gasteiger partial charge in [0.15, 0.2) is 5.17 Å². The van der Waals surface area contributed by atoms with Gasteiger partial charge in [-0.25, -0.2) is 4.99 Å². The van der Waals surface area contributed by atoms with Gasteiger partial charge < -0.3 is 10.5 Å². The molecule has 7 heteroatoms. The first-order valence-electron chi connectivity index (χ1n) is 4.58. The lowest BCUT2D eigenvalue weighted by Crippen LogP contribution is -2.14. The zero-order chi connectivity index (χ0) is 11.7. The largest absolute Gasteiger partial charge is 0.494 e. The SMILES string of the molecule is CCOc1ccc2c(c1)S(=S(=O)=O)C(N)=N2. The monoisotopic (exact) mass is 258 g/mol. The Labute approximate surface area is 96.1 Å². The molecule has 0 spiro atoms. The van der Waals surface area contributed by atoms with Gasteiger partial charge in [0.1, 0.15) is 5.75 Å². The number of amidine groups is 1. The van der Waals surface area contributed by atoms with E-state index in [4.69, 9.17) is 10.5 Å². The van der Waals surface area contributed by atoms with Gasteiger partial charge >= 0.3 is 0 Å². The average molecular weight is 258 g/mol. The lowest BCUT2D eigenvalue weighted by molar-refractivity contribution is 0.339. The summed E-state index contributed by atoms with van der Waals surface area (Å²) in [4.78, 5) is 4.62. The minimum Gasteiger partial charge on any atom is -0.494 e. The van der Waals surface area contributed by atoms with E-state index in [1.807, 2.05) is 6.92 Å².